The molecule has 8 nitrogen and oxygen atoms in total. The number of nitrogens with zero attached hydrogens (tertiary/aromatic N) is 1. The number of aromatic nitrogens is 1. The lowest BCUT2D eigenvalue weighted by Crippen LogP contribution is -2.22. The van der Waals surface area contributed by atoms with Crippen molar-refractivity contribution in [3.63, 3.8) is 0 Å². The number of methoxy groups -OCH3 is 1. The number of rotatable bonds is 11. The molecule has 0 atom stereocenters. The van der Waals surface area contributed by atoms with Gasteiger partial charge in [0.2, 0.25) is 0 Å². The molecule has 0 aliphatic carbocycles. The Hall–Kier alpha value is -3.40. The number of ether oxygens (including phenoxy) is 1. The molecule has 0 bridgehead atoms. The minimum atomic E-state index is -4.48. The van der Waals surface area contributed by atoms with Crippen molar-refractivity contribution in [3.05, 3.63) is 48.2 Å². The van der Waals surface area contributed by atoms with Crippen LogP contribution in [0.3, 0.4) is 0 Å². The summed E-state index contributed by atoms with van der Waals surface area (Å²) in [4.78, 5) is 0.0901. The molecule has 12 heteroatoms. The van der Waals surface area contributed by atoms with Crippen LogP contribution in [-0.2, 0) is 16.4 Å². The summed E-state index contributed by atoms with van der Waals surface area (Å²) < 4.78 is 70.2. The zero-order valence-corrected chi connectivity index (χ0v) is 21.8. The summed E-state index contributed by atoms with van der Waals surface area (Å²) in [7, 11) is -2.03. The fourth-order valence-electron chi connectivity index (χ4n) is 4.01. The van der Waals surface area contributed by atoms with Crippen LogP contribution in [0.2, 0.25) is 0 Å². The van der Waals surface area contributed by atoms with Gasteiger partial charge in [-0.2, -0.15) is 13.2 Å². The summed E-state index contributed by atoms with van der Waals surface area (Å²) >= 11 is 0. The van der Waals surface area contributed by atoms with E-state index in [-0.39, 0.29) is 42.1 Å². The maximum atomic E-state index is 13.4. The Kier molecular flexibility index (Phi) is 9.54. The summed E-state index contributed by atoms with van der Waals surface area (Å²) in [6.45, 7) is -1.38. The van der Waals surface area contributed by atoms with E-state index in [0.717, 1.165) is 10.8 Å². The van der Waals surface area contributed by atoms with Gasteiger partial charge in [-0.05, 0) is 49.1 Å². The molecule has 0 aliphatic rings. The van der Waals surface area contributed by atoms with E-state index in [1.54, 1.807) is 24.3 Å². The number of benzene rings is 2. The second-order valence-corrected chi connectivity index (χ2v) is 10.6. The van der Waals surface area contributed by atoms with Crippen molar-refractivity contribution in [2.75, 3.05) is 43.8 Å². The maximum Gasteiger partial charge on any atom is 0.406 e. The van der Waals surface area contributed by atoms with Gasteiger partial charge in [-0.15, -0.1) is 0 Å². The van der Waals surface area contributed by atoms with Crippen LogP contribution in [0.25, 0.3) is 10.9 Å². The Labute approximate surface area is 219 Å². The Morgan fingerprint density at radius 3 is 2.39 bits per heavy atom. The van der Waals surface area contributed by atoms with Crippen LogP contribution >= 0.6 is 0 Å². The van der Waals surface area contributed by atoms with Crippen molar-refractivity contribution in [2.45, 2.75) is 36.5 Å². The van der Waals surface area contributed by atoms with Crippen LogP contribution in [0, 0.1) is 11.8 Å². The monoisotopic (exact) mass is 553 g/mol. The first kappa shape index (κ1) is 29.2. The van der Waals surface area contributed by atoms with E-state index in [1.807, 2.05) is 0 Å². The first-order valence-corrected chi connectivity index (χ1v) is 13.6. The molecule has 4 N–H and O–H groups in total. The van der Waals surface area contributed by atoms with Crippen molar-refractivity contribution in [1.82, 2.24) is 4.57 Å². The average molecular weight is 554 g/mol. The Morgan fingerprint density at radius 2 is 1.79 bits per heavy atom. The zero-order valence-electron chi connectivity index (χ0n) is 21.0. The zero-order chi connectivity index (χ0) is 27.9. The number of hydrogen-bond acceptors (Lipinski definition) is 7. The van der Waals surface area contributed by atoms with Gasteiger partial charge in [0.25, 0.3) is 0 Å². The SMILES string of the molecule is COc1cc(S(C)(=O)=O)ccc1NCC#Cc1cc2c(NC(CCO)CCO)cccc2n1CC(F)(F)F. The van der Waals surface area contributed by atoms with E-state index in [2.05, 4.69) is 22.5 Å². The second kappa shape index (κ2) is 12.4. The Bertz CT molecular complexity index is 1420. The molecule has 3 rings (SSSR count). The molecule has 0 saturated heterocycles. The molecule has 0 saturated carbocycles. The highest BCUT2D eigenvalue weighted by molar-refractivity contribution is 7.90. The molecule has 3 aromatic rings. The third-order valence-corrected chi connectivity index (χ3v) is 6.89. The number of sulfone groups is 1. The van der Waals surface area contributed by atoms with Gasteiger partial charge in [-0.25, -0.2) is 8.42 Å². The fraction of sp³-hybridized carbons (Fsp3) is 0.385. The molecule has 0 spiro atoms. The summed E-state index contributed by atoms with van der Waals surface area (Å²) in [5.74, 6) is 5.92. The molecular weight excluding hydrogens is 523 g/mol. The van der Waals surface area contributed by atoms with Crippen molar-refractivity contribution in [2.24, 2.45) is 0 Å². The highest BCUT2D eigenvalue weighted by Gasteiger charge is 2.30. The maximum absolute atomic E-state index is 13.4. The lowest BCUT2D eigenvalue weighted by Gasteiger charge is -2.19. The first-order chi connectivity index (χ1) is 18.0. The number of aliphatic hydroxyl groups excluding tert-OH is 2. The molecule has 0 unspecified atom stereocenters. The minimum absolute atomic E-state index is 0.0578. The summed E-state index contributed by atoms with van der Waals surface area (Å²) in [6.07, 6.45) is -2.66. The molecule has 38 heavy (non-hydrogen) atoms. The van der Waals surface area contributed by atoms with Crippen LogP contribution in [-0.4, -0.2) is 68.5 Å². The molecule has 0 amide bonds. The van der Waals surface area contributed by atoms with Crippen molar-refractivity contribution < 1.29 is 36.5 Å². The Morgan fingerprint density at radius 1 is 1.08 bits per heavy atom. The Balaban J connectivity index is 1.92. The number of alkyl halides is 3. The van der Waals surface area contributed by atoms with E-state index < -0.39 is 22.6 Å². The standard InChI is InChI=1S/C26H30F3N3O5S/c1-37-25-16-20(38(2,35)36)8-9-23(25)30-12-4-5-19-15-21-22(31-18(10-13-33)11-14-34)6-3-7-24(21)32(19)17-26(27,28)29/h3,6-9,15-16,18,30-31,33-34H,10-14,17H2,1-2H3. The number of aliphatic hydroxyl groups is 2. The molecule has 1 aromatic heterocycles. The van der Waals surface area contributed by atoms with Gasteiger partial charge in [0.15, 0.2) is 9.84 Å². The second-order valence-electron chi connectivity index (χ2n) is 8.62. The van der Waals surface area contributed by atoms with Gasteiger partial charge in [0.05, 0.1) is 35.4 Å². The van der Waals surface area contributed by atoms with Gasteiger partial charge in [0, 0.05) is 42.7 Å². The minimum Gasteiger partial charge on any atom is -0.495 e. The third kappa shape index (κ3) is 7.56. The summed E-state index contributed by atoms with van der Waals surface area (Å²) in [5, 5.41) is 25.4. The normalized spacial score (nSPS) is 11.9. The highest BCUT2D eigenvalue weighted by Crippen LogP contribution is 2.31. The summed E-state index contributed by atoms with van der Waals surface area (Å²) in [6, 6.07) is 10.6. The predicted molar refractivity (Wildman–Crippen MR) is 140 cm³/mol. The molecular formula is C26H30F3N3O5S. The topological polar surface area (TPSA) is 113 Å². The quantitative estimate of drug-likeness (QED) is 0.268. The van der Waals surface area contributed by atoms with Crippen LogP contribution < -0.4 is 15.4 Å². The first-order valence-electron chi connectivity index (χ1n) is 11.7. The fourth-order valence-corrected chi connectivity index (χ4v) is 4.64. The molecule has 0 radical (unpaired) electrons. The largest absolute Gasteiger partial charge is 0.495 e. The predicted octanol–water partition coefficient (Wildman–Crippen LogP) is 3.62. The van der Waals surface area contributed by atoms with Crippen LogP contribution in [0.15, 0.2) is 47.4 Å². The number of anilines is 2. The van der Waals surface area contributed by atoms with Crippen LogP contribution in [0.4, 0.5) is 24.5 Å². The number of hydrogen-bond donors (Lipinski definition) is 4. The van der Waals surface area contributed by atoms with Gasteiger partial charge in [-0.1, -0.05) is 12.0 Å². The van der Waals surface area contributed by atoms with E-state index in [4.69, 9.17) is 4.74 Å². The molecule has 206 valence electrons. The number of halogens is 3. The van der Waals surface area contributed by atoms with Gasteiger partial charge < -0.3 is 30.2 Å². The highest BCUT2D eigenvalue weighted by atomic mass is 32.2. The lowest BCUT2D eigenvalue weighted by atomic mass is 10.1. The molecule has 2 aromatic carbocycles. The smallest absolute Gasteiger partial charge is 0.406 e. The van der Waals surface area contributed by atoms with E-state index >= 15 is 0 Å². The lowest BCUT2D eigenvalue weighted by molar-refractivity contribution is -0.140. The van der Waals surface area contributed by atoms with E-state index in [9.17, 15) is 31.8 Å². The number of nitrogens with one attached hydrogen (secondary N) is 2. The van der Waals surface area contributed by atoms with E-state index in [0.29, 0.717) is 35.1 Å². The van der Waals surface area contributed by atoms with Crippen LogP contribution in [0.1, 0.15) is 18.5 Å². The van der Waals surface area contributed by atoms with Gasteiger partial charge in [0.1, 0.15) is 12.3 Å². The van der Waals surface area contributed by atoms with Crippen molar-refractivity contribution >= 4 is 32.1 Å². The van der Waals surface area contributed by atoms with Crippen molar-refractivity contribution in [1.29, 1.82) is 0 Å². The molecule has 1 heterocycles. The van der Waals surface area contributed by atoms with Crippen LogP contribution in [0.5, 0.6) is 5.75 Å². The van der Waals surface area contributed by atoms with E-state index in [1.165, 1.54) is 25.3 Å². The average Bonchev–Trinajstić information content (AvgIpc) is 3.18. The van der Waals surface area contributed by atoms with Crippen molar-refractivity contribution in [3.8, 4) is 17.6 Å². The third-order valence-electron chi connectivity index (χ3n) is 5.78. The summed E-state index contributed by atoms with van der Waals surface area (Å²) in [5.41, 5.74) is 1.56. The molecule has 0 aliphatic heterocycles. The van der Waals surface area contributed by atoms with Gasteiger partial charge >= 0.3 is 6.18 Å². The molecule has 0 fully saturated rings. The van der Waals surface area contributed by atoms with Gasteiger partial charge in [-0.3, -0.25) is 0 Å². The number of fused-ring (bicyclic) bond motifs is 1.